The van der Waals surface area contributed by atoms with E-state index in [0.29, 0.717) is 11.8 Å². The minimum absolute atomic E-state index is 0. The first-order valence-electron chi connectivity index (χ1n) is 9.89. The number of halogens is 1. The van der Waals surface area contributed by atoms with Crippen LogP contribution in [0.4, 0.5) is 0 Å². The number of nitrogens with one attached hydrogen (secondary N) is 1. The van der Waals surface area contributed by atoms with Crippen molar-refractivity contribution in [1.29, 1.82) is 0 Å². The van der Waals surface area contributed by atoms with Crippen molar-refractivity contribution >= 4 is 12.4 Å². The monoisotopic (exact) mass is 397 g/mol. The number of hydrogen-bond acceptors (Lipinski definition) is 3. The second kappa shape index (κ2) is 9.76. The SMILES string of the molecule is Cl.On1ncc(C2CCNCC2)c1CCC(c1ccccc1)c1ccccc1. The van der Waals surface area contributed by atoms with Gasteiger partial charge in [-0.05, 0) is 55.8 Å². The van der Waals surface area contributed by atoms with Gasteiger partial charge in [-0.25, -0.2) is 0 Å². The van der Waals surface area contributed by atoms with Crippen LogP contribution in [0.15, 0.2) is 66.9 Å². The number of rotatable bonds is 6. The highest BCUT2D eigenvalue weighted by molar-refractivity contribution is 5.85. The third-order valence-corrected chi connectivity index (χ3v) is 5.73. The molecular weight excluding hydrogens is 370 g/mol. The molecule has 0 amide bonds. The molecule has 1 aliphatic heterocycles. The van der Waals surface area contributed by atoms with Gasteiger partial charge in [0.1, 0.15) is 0 Å². The summed E-state index contributed by atoms with van der Waals surface area (Å²) >= 11 is 0. The molecule has 2 aromatic carbocycles. The molecule has 0 saturated carbocycles. The third kappa shape index (κ3) is 4.57. The topological polar surface area (TPSA) is 50.1 Å². The van der Waals surface area contributed by atoms with Gasteiger partial charge in [0.25, 0.3) is 0 Å². The first-order valence-corrected chi connectivity index (χ1v) is 9.89. The van der Waals surface area contributed by atoms with Crippen molar-refractivity contribution in [3.05, 3.63) is 89.2 Å². The number of piperidine rings is 1. The van der Waals surface area contributed by atoms with Gasteiger partial charge in [-0.3, -0.25) is 0 Å². The molecule has 1 fully saturated rings. The van der Waals surface area contributed by atoms with E-state index in [0.717, 1.165) is 49.3 Å². The zero-order valence-electron chi connectivity index (χ0n) is 16.0. The smallest absolute Gasteiger partial charge is 0.0833 e. The lowest BCUT2D eigenvalue weighted by atomic mass is 9.85. The van der Waals surface area contributed by atoms with Crippen LogP contribution in [0.3, 0.4) is 0 Å². The molecule has 0 atom stereocenters. The summed E-state index contributed by atoms with van der Waals surface area (Å²) in [5.41, 5.74) is 4.82. The molecule has 0 spiro atoms. The molecule has 0 unspecified atom stereocenters. The van der Waals surface area contributed by atoms with Crippen LogP contribution >= 0.6 is 12.4 Å². The zero-order valence-corrected chi connectivity index (χ0v) is 16.8. The van der Waals surface area contributed by atoms with Gasteiger partial charge in [0.15, 0.2) is 0 Å². The normalized spacial score (nSPS) is 14.8. The van der Waals surface area contributed by atoms with Crippen LogP contribution in [0, 0.1) is 0 Å². The van der Waals surface area contributed by atoms with Gasteiger partial charge in [0.2, 0.25) is 0 Å². The van der Waals surface area contributed by atoms with Crippen molar-refractivity contribution in [3.8, 4) is 0 Å². The van der Waals surface area contributed by atoms with Gasteiger partial charge in [0.05, 0.1) is 11.9 Å². The number of hydrogen-bond donors (Lipinski definition) is 2. The van der Waals surface area contributed by atoms with Crippen LogP contribution in [0.1, 0.15) is 53.5 Å². The van der Waals surface area contributed by atoms with Crippen molar-refractivity contribution in [2.24, 2.45) is 0 Å². The average molecular weight is 398 g/mol. The lowest BCUT2D eigenvalue weighted by Crippen LogP contribution is -2.27. The largest absolute Gasteiger partial charge is 0.411 e. The molecule has 0 radical (unpaired) electrons. The molecule has 4 rings (SSSR count). The number of benzene rings is 2. The highest BCUT2D eigenvalue weighted by atomic mass is 35.5. The maximum Gasteiger partial charge on any atom is 0.0833 e. The highest BCUT2D eigenvalue weighted by Gasteiger charge is 2.23. The maximum absolute atomic E-state index is 10.3. The Balaban J connectivity index is 0.00000225. The van der Waals surface area contributed by atoms with Crippen molar-refractivity contribution in [2.75, 3.05) is 13.1 Å². The quantitative estimate of drug-likeness (QED) is 0.589. The lowest BCUT2D eigenvalue weighted by molar-refractivity contribution is 0.139. The molecule has 2 heterocycles. The maximum atomic E-state index is 10.3. The Morgan fingerprint density at radius 1 is 0.964 bits per heavy atom. The van der Waals surface area contributed by atoms with E-state index in [2.05, 4.69) is 71.1 Å². The van der Waals surface area contributed by atoms with E-state index < -0.39 is 0 Å². The second-order valence-corrected chi connectivity index (χ2v) is 7.37. The fraction of sp³-hybridized carbons (Fsp3) is 0.348. The van der Waals surface area contributed by atoms with Crippen LogP contribution < -0.4 is 5.32 Å². The zero-order chi connectivity index (χ0) is 18.5. The summed E-state index contributed by atoms with van der Waals surface area (Å²) in [6.07, 6.45) is 5.84. The van der Waals surface area contributed by atoms with E-state index in [1.807, 2.05) is 6.20 Å². The van der Waals surface area contributed by atoms with E-state index >= 15 is 0 Å². The molecule has 2 N–H and O–H groups in total. The van der Waals surface area contributed by atoms with Crippen molar-refractivity contribution in [3.63, 3.8) is 0 Å². The molecule has 1 saturated heterocycles. The van der Waals surface area contributed by atoms with Gasteiger partial charge in [-0.1, -0.05) is 60.7 Å². The summed E-state index contributed by atoms with van der Waals surface area (Å²) in [6, 6.07) is 21.3. The Morgan fingerprint density at radius 2 is 1.54 bits per heavy atom. The van der Waals surface area contributed by atoms with Crippen LogP contribution in [0.2, 0.25) is 0 Å². The summed E-state index contributed by atoms with van der Waals surface area (Å²) in [5, 5.41) is 17.9. The molecular formula is C23H28ClN3O. The number of aromatic nitrogens is 2. The predicted molar refractivity (Wildman–Crippen MR) is 115 cm³/mol. The van der Waals surface area contributed by atoms with E-state index in [4.69, 9.17) is 0 Å². The van der Waals surface area contributed by atoms with Crippen molar-refractivity contribution in [2.45, 2.75) is 37.5 Å². The fourth-order valence-electron chi connectivity index (χ4n) is 4.27. The average Bonchev–Trinajstić information content (AvgIpc) is 3.11. The predicted octanol–water partition coefficient (Wildman–Crippen LogP) is 4.77. The molecule has 148 valence electrons. The Bertz CT molecular complexity index is 805. The summed E-state index contributed by atoms with van der Waals surface area (Å²) in [4.78, 5) is 1.10. The molecule has 28 heavy (non-hydrogen) atoms. The first-order chi connectivity index (χ1) is 13.3. The Labute approximate surface area is 173 Å². The summed E-state index contributed by atoms with van der Waals surface area (Å²) < 4.78 is 0. The Hall–Kier alpha value is -2.30. The molecule has 0 aliphatic carbocycles. The Kier molecular flexibility index (Phi) is 7.12. The van der Waals surface area contributed by atoms with E-state index in [1.54, 1.807) is 0 Å². The van der Waals surface area contributed by atoms with Gasteiger partial charge >= 0.3 is 0 Å². The molecule has 3 aromatic rings. The Morgan fingerprint density at radius 3 is 2.11 bits per heavy atom. The molecule has 1 aliphatic rings. The molecule has 4 nitrogen and oxygen atoms in total. The summed E-state index contributed by atoms with van der Waals surface area (Å²) in [7, 11) is 0. The van der Waals surface area contributed by atoms with E-state index in [-0.39, 0.29) is 12.4 Å². The van der Waals surface area contributed by atoms with Gasteiger partial charge in [-0.2, -0.15) is 0 Å². The van der Waals surface area contributed by atoms with Crippen molar-refractivity contribution in [1.82, 2.24) is 15.3 Å². The van der Waals surface area contributed by atoms with Crippen LogP contribution in [-0.4, -0.2) is 28.2 Å². The lowest BCUT2D eigenvalue weighted by Gasteiger charge is -2.23. The van der Waals surface area contributed by atoms with Gasteiger partial charge < -0.3 is 10.5 Å². The third-order valence-electron chi connectivity index (χ3n) is 5.73. The first kappa shape index (κ1) is 20.4. The number of nitrogens with zero attached hydrogens (tertiary/aromatic N) is 2. The van der Waals surface area contributed by atoms with E-state index in [9.17, 15) is 5.21 Å². The minimum Gasteiger partial charge on any atom is -0.411 e. The molecule has 5 heteroatoms. The van der Waals surface area contributed by atoms with E-state index in [1.165, 1.54) is 16.7 Å². The summed E-state index contributed by atoms with van der Waals surface area (Å²) in [6.45, 7) is 2.08. The highest BCUT2D eigenvalue weighted by Crippen LogP contribution is 2.32. The van der Waals surface area contributed by atoms with Crippen LogP contribution in [0.5, 0.6) is 0 Å². The van der Waals surface area contributed by atoms with Gasteiger partial charge in [-0.15, -0.1) is 22.4 Å². The fourth-order valence-corrected chi connectivity index (χ4v) is 4.27. The standard InChI is InChI=1S/C23H27N3O.ClH/c27-26-23(22(17-25-26)20-13-15-24-16-14-20)12-11-21(18-7-3-1-4-8-18)19-9-5-2-6-10-19;/h1-10,17,20-21,24,27H,11-16H2;1H. The van der Waals surface area contributed by atoms with Crippen LogP contribution in [-0.2, 0) is 6.42 Å². The van der Waals surface area contributed by atoms with Crippen LogP contribution in [0.25, 0.3) is 0 Å². The molecule has 1 aromatic heterocycles. The van der Waals surface area contributed by atoms with Gasteiger partial charge in [0, 0.05) is 11.5 Å². The molecule has 0 bridgehead atoms. The summed E-state index contributed by atoms with van der Waals surface area (Å²) in [5.74, 6) is 0.803. The van der Waals surface area contributed by atoms with Crippen molar-refractivity contribution < 1.29 is 5.21 Å². The minimum atomic E-state index is 0. The second-order valence-electron chi connectivity index (χ2n) is 7.37.